The number of amides is 2. The number of benzene rings is 3. The Labute approximate surface area is 244 Å². The molecule has 0 aliphatic heterocycles. The van der Waals surface area contributed by atoms with Crippen molar-refractivity contribution in [2.24, 2.45) is 0 Å². The number of nitrogens with zero attached hydrogens (tertiary/aromatic N) is 2. The molecule has 0 fully saturated rings. The Morgan fingerprint density at radius 1 is 0.975 bits per heavy atom. The third-order valence-corrected chi connectivity index (χ3v) is 8.75. The number of hydrogen-bond donors (Lipinski definition) is 1. The minimum Gasteiger partial charge on any atom is -0.352 e. The number of nitrogens with one attached hydrogen (secondary N) is 1. The highest BCUT2D eigenvalue weighted by Gasteiger charge is 2.34. The molecule has 0 spiro atoms. The number of carbonyl (C=O) groups excluding carboxylic acids is 2. The lowest BCUT2D eigenvalue weighted by Crippen LogP contribution is -2.53. The largest absolute Gasteiger partial charge is 0.352 e. The molecule has 0 radical (unpaired) electrons. The third-order valence-electron chi connectivity index (χ3n) is 6.17. The quantitative estimate of drug-likeness (QED) is 0.291. The lowest BCUT2D eigenvalue weighted by Gasteiger charge is -2.33. The van der Waals surface area contributed by atoms with E-state index in [1.54, 1.807) is 32.9 Å². The molecule has 1 N–H and O–H groups in total. The molecule has 0 unspecified atom stereocenters. The highest BCUT2D eigenvalue weighted by atomic mass is 35.5. The van der Waals surface area contributed by atoms with Crippen molar-refractivity contribution in [2.75, 3.05) is 10.8 Å². The van der Waals surface area contributed by atoms with E-state index in [-0.39, 0.29) is 45.5 Å². The van der Waals surface area contributed by atoms with Crippen molar-refractivity contribution in [1.82, 2.24) is 10.2 Å². The summed E-state index contributed by atoms with van der Waals surface area (Å²) in [6, 6.07) is 15.1. The first kappa shape index (κ1) is 31.4. The Balaban J connectivity index is 2.10. The number of halogens is 3. The molecule has 2 amide bonds. The second-order valence-corrected chi connectivity index (χ2v) is 12.3. The van der Waals surface area contributed by atoms with Crippen molar-refractivity contribution < 1.29 is 22.4 Å². The fraction of sp³-hybridized carbons (Fsp3) is 0.310. The van der Waals surface area contributed by atoms with Gasteiger partial charge in [-0.3, -0.25) is 13.9 Å². The molecule has 0 saturated carbocycles. The van der Waals surface area contributed by atoms with Gasteiger partial charge in [0.05, 0.1) is 20.6 Å². The summed E-state index contributed by atoms with van der Waals surface area (Å²) in [5, 5.41) is 2.90. The molecule has 1 atom stereocenters. The summed E-state index contributed by atoms with van der Waals surface area (Å²) in [5.41, 5.74) is 1.44. The highest BCUT2D eigenvalue weighted by molar-refractivity contribution is 7.92. The second kappa shape index (κ2) is 13.5. The van der Waals surface area contributed by atoms with Crippen LogP contribution in [0.15, 0.2) is 71.6 Å². The standard InChI is InChI=1S/C29H32Cl2FN3O4S/c1-5-25(29(37)33-19(2)3)34(17-21-11-13-22(32)14-12-21)27(36)18-35(26-8-6-7-24(30)28(26)31)40(38,39)23-15-9-20(4)10-16-23/h6-16,19,25H,5,17-18H2,1-4H3,(H,33,37)/t25-/m1/s1. The Bertz CT molecular complexity index is 1450. The van der Waals surface area contributed by atoms with Crippen LogP contribution in [0.5, 0.6) is 0 Å². The van der Waals surface area contributed by atoms with Crippen molar-refractivity contribution in [3.05, 3.63) is 93.7 Å². The van der Waals surface area contributed by atoms with Gasteiger partial charge in [-0.2, -0.15) is 0 Å². The summed E-state index contributed by atoms with van der Waals surface area (Å²) in [6.07, 6.45) is 0.258. The molecule has 0 aliphatic rings. The maximum absolute atomic E-state index is 14.0. The smallest absolute Gasteiger partial charge is 0.264 e. The van der Waals surface area contributed by atoms with Gasteiger partial charge in [0.25, 0.3) is 10.0 Å². The van der Waals surface area contributed by atoms with Crippen molar-refractivity contribution in [3.63, 3.8) is 0 Å². The molecule has 0 saturated heterocycles. The summed E-state index contributed by atoms with van der Waals surface area (Å²) in [4.78, 5) is 28.4. The predicted molar refractivity (Wildman–Crippen MR) is 156 cm³/mol. The first-order valence-corrected chi connectivity index (χ1v) is 14.9. The lowest BCUT2D eigenvalue weighted by molar-refractivity contribution is -0.140. The van der Waals surface area contributed by atoms with E-state index in [1.807, 2.05) is 6.92 Å². The number of hydrogen-bond acceptors (Lipinski definition) is 4. The summed E-state index contributed by atoms with van der Waals surface area (Å²) in [6.45, 7) is 6.46. The minimum absolute atomic E-state index is 0.0181. The van der Waals surface area contributed by atoms with Gasteiger partial charge in [-0.15, -0.1) is 0 Å². The maximum atomic E-state index is 14.0. The van der Waals surface area contributed by atoms with Crippen molar-refractivity contribution in [3.8, 4) is 0 Å². The van der Waals surface area contributed by atoms with Gasteiger partial charge in [-0.25, -0.2) is 12.8 Å². The molecule has 0 aromatic heterocycles. The first-order valence-electron chi connectivity index (χ1n) is 12.7. The zero-order valence-corrected chi connectivity index (χ0v) is 25.0. The molecular weight excluding hydrogens is 576 g/mol. The van der Waals surface area contributed by atoms with Crippen LogP contribution in [-0.2, 0) is 26.2 Å². The van der Waals surface area contributed by atoms with E-state index < -0.39 is 34.3 Å². The SMILES string of the molecule is CC[C@H](C(=O)NC(C)C)N(Cc1ccc(F)cc1)C(=O)CN(c1cccc(Cl)c1Cl)S(=O)(=O)c1ccc(C)cc1. The number of sulfonamides is 1. The predicted octanol–water partition coefficient (Wildman–Crippen LogP) is 5.97. The van der Waals surface area contributed by atoms with E-state index >= 15 is 0 Å². The van der Waals surface area contributed by atoms with Crippen LogP contribution in [0.4, 0.5) is 10.1 Å². The van der Waals surface area contributed by atoms with Crippen LogP contribution in [-0.4, -0.2) is 43.8 Å². The molecule has 3 rings (SSSR count). The van der Waals surface area contributed by atoms with Crippen molar-refractivity contribution >= 4 is 50.7 Å². The maximum Gasteiger partial charge on any atom is 0.264 e. The Hall–Kier alpha value is -3.14. The van der Waals surface area contributed by atoms with Crippen LogP contribution >= 0.6 is 23.2 Å². The molecule has 3 aromatic carbocycles. The van der Waals surface area contributed by atoms with Gasteiger partial charge < -0.3 is 10.2 Å². The molecule has 0 aliphatic carbocycles. The van der Waals surface area contributed by atoms with Crippen LogP contribution in [0.25, 0.3) is 0 Å². The number of rotatable bonds is 11. The zero-order valence-electron chi connectivity index (χ0n) is 22.7. The molecule has 0 bridgehead atoms. The van der Waals surface area contributed by atoms with E-state index in [4.69, 9.17) is 23.2 Å². The third kappa shape index (κ3) is 7.53. The molecule has 214 valence electrons. The van der Waals surface area contributed by atoms with Gasteiger partial charge >= 0.3 is 0 Å². The Morgan fingerprint density at radius 3 is 2.17 bits per heavy atom. The number of carbonyl (C=O) groups is 2. The van der Waals surface area contributed by atoms with E-state index in [0.29, 0.717) is 5.56 Å². The average molecular weight is 609 g/mol. The normalized spacial score (nSPS) is 12.2. The van der Waals surface area contributed by atoms with Gasteiger partial charge in [0, 0.05) is 12.6 Å². The van der Waals surface area contributed by atoms with Gasteiger partial charge in [-0.1, -0.05) is 66.0 Å². The fourth-order valence-electron chi connectivity index (χ4n) is 4.12. The molecule has 7 nitrogen and oxygen atoms in total. The first-order chi connectivity index (χ1) is 18.8. The van der Waals surface area contributed by atoms with E-state index in [0.717, 1.165) is 9.87 Å². The van der Waals surface area contributed by atoms with Gasteiger partial charge in [-0.05, 0) is 69.2 Å². The summed E-state index contributed by atoms with van der Waals surface area (Å²) in [5.74, 6) is -1.49. The van der Waals surface area contributed by atoms with Crippen molar-refractivity contribution in [2.45, 2.75) is 57.6 Å². The van der Waals surface area contributed by atoms with E-state index in [9.17, 15) is 22.4 Å². The van der Waals surface area contributed by atoms with Crippen LogP contribution in [0, 0.1) is 12.7 Å². The van der Waals surface area contributed by atoms with Gasteiger partial charge in [0.2, 0.25) is 11.8 Å². The highest BCUT2D eigenvalue weighted by Crippen LogP contribution is 2.35. The van der Waals surface area contributed by atoms with Crippen LogP contribution < -0.4 is 9.62 Å². The Morgan fingerprint density at radius 2 is 1.60 bits per heavy atom. The van der Waals surface area contributed by atoms with Crippen molar-refractivity contribution in [1.29, 1.82) is 0 Å². The topological polar surface area (TPSA) is 86.8 Å². The van der Waals surface area contributed by atoms with Crippen LogP contribution in [0.3, 0.4) is 0 Å². The Kier molecular flexibility index (Phi) is 10.6. The molecule has 40 heavy (non-hydrogen) atoms. The lowest BCUT2D eigenvalue weighted by atomic mass is 10.1. The zero-order chi connectivity index (χ0) is 29.6. The molecular formula is C29H32Cl2FN3O4S. The summed E-state index contributed by atoms with van der Waals surface area (Å²) in [7, 11) is -4.30. The number of aryl methyl sites for hydroxylation is 1. The average Bonchev–Trinajstić information content (AvgIpc) is 2.89. The van der Waals surface area contributed by atoms with Crippen LogP contribution in [0.2, 0.25) is 10.0 Å². The van der Waals surface area contributed by atoms with Gasteiger partial charge in [0.15, 0.2) is 0 Å². The van der Waals surface area contributed by atoms with E-state index in [2.05, 4.69) is 5.32 Å². The number of anilines is 1. The molecule has 3 aromatic rings. The monoisotopic (exact) mass is 607 g/mol. The second-order valence-electron chi connectivity index (χ2n) is 9.63. The molecule has 11 heteroatoms. The molecule has 0 heterocycles. The minimum atomic E-state index is -4.30. The van der Waals surface area contributed by atoms with Crippen LogP contribution in [0.1, 0.15) is 38.3 Å². The fourth-order valence-corrected chi connectivity index (χ4v) is 6.00. The van der Waals surface area contributed by atoms with E-state index in [1.165, 1.54) is 59.5 Å². The summed E-state index contributed by atoms with van der Waals surface area (Å²) >= 11 is 12.7. The van der Waals surface area contributed by atoms with Gasteiger partial charge in [0.1, 0.15) is 18.4 Å². The summed E-state index contributed by atoms with van der Waals surface area (Å²) < 4.78 is 42.3.